The van der Waals surface area contributed by atoms with Gasteiger partial charge in [-0.15, -0.1) is 0 Å². The van der Waals surface area contributed by atoms with Crippen molar-refractivity contribution < 1.29 is 14.0 Å². The molecule has 3 aromatic heterocycles. The molecular formula is C24H24N7O2+. The molecule has 4 aromatic rings. The van der Waals surface area contributed by atoms with Crippen LogP contribution in [0.4, 0.5) is 16.4 Å². The summed E-state index contributed by atoms with van der Waals surface area (Å²) in [6, 6.07) is 11.5. The van der Waals surface area contributed by atoms with Gasteiger partial charge in [0.2, 0.25) is 11.8 Å². The summed E-state index contributed by atoms with van der Waals surface area (Å²) in [7, 11) is 0. The normalized spacial score (nSPS) is 13.0. The van der Waals surface area contributed by atoms with E-state index in [9.17, 15) is 4.79 Å². The standard InChI is InChI=1S/C24H23N7O2/c1-15-23(16(2)27-14-26-15)19-8-9-21(25-11-19)12-31-13-22(33-30-31)29-24(32)28-20-5-3-4-18(10-20)17-6-7-17/h3-5,8-11,13-14,17H,6-7,12H2,1-2H3,(H-,28,29,30,32)/p+1. The molecule has 0 unspecified atom stereocenters. The maximum Gasteiger partial charge on any atom is 0.326 e. The Kier molecular flexibility index (Phi) is 5.52. The molecule has 3 heterocycles. The molecule has 0 radical (unpaired) electrons. The zero-order valence-corrected chi connectivity index (χ0v) is 18.4. The van der Waals surface area contributed by atoms with E-state index in [1.165, 1.54) is 18.4 Å². The van der Waals surface area contributed by atoms with Crippen LogP contribution in [0.5, 0.6) is 0 Å². The van der Waals surface area contributed by atoms with Crippen molar-refractivity contribution in [3.05, 3.63) is 77.8 Å². The van der Waals surface area contributed by atoms with Crippen LogP contribution in [0.25, 0.3) is 11.1 Å². The lowest BCUT2D eigenvalue weighted by Gasteiger charge is -2.07. The Bertz CT molecular complexity index is 1280. The van der Waals surface area contributed by atoms with Crippen LogP contribution in [0, 0.1) is 13.8 Å². The molecule has 2 N–H and O–H groups in total. The molecule has 0 aliphatic heterocycles. The lowest BCUT2D eigenvalue weighted by molar-refractivity contribution is -0.755. The molecule has 0 atom stereocenters. The number of carbonyl (C=O) groups excluding carboxylic acids is 1. The molecule has 9 nitrogen and oxygen atoms in total. The molecule has 1 aliphatic rings. The molecule has 1 aromatic carbocycles. The number of carbonyl (C=O) groups is 1. The summed E-state index contributed by atoms with van der Waals surface area (Å²) in [6.07, 6.45) is 7.41. The average Bonchev–Trinajstić information content (AvgIpc) is 3.56. The van der Waals surface area contributed by atoms with Gasteiger partial charge in [0.25, 0.3) is 6.20 Å². The third-order valence-electron chi connectivity index (χ3n) is 5.60. The number of nitrogens with one attached hydrogen (secondary N) is 2. The number of rotatable bonds is 6. The van der Waals surface area contributed by atoms with Crippen LogP contribution in [0.1, 0.15) is 41.4 Å². The quantitative estimate of drug-likeness (QED) is 0.437. The lowest BCUT2D eigenvalue weighted by atomic mass is 10.0. The van der Waals surface area contributed by atoms with E-state index >= 15 is 0 Å². The number of hydrogen-bond donors (Lipinski definition) is 2. The minimum absolute atomic E-state index is 0.246. The molecule has 1 saturated carbocycles. The topological polar surface area (TPSA) is 110 Å². The van der Waals surface area contributed by atoms with Gasteiger partial charge in [0, 0.05) is 34.4 Å². The maximum absolute atomic E-state index is 12.3. The number of urea groups is 1. The van der Waals surface area contributed by atoms with Crippen molar-refractivity contribution in [1.82, 2.24) is 20.2 Å². The highest BCUT2D eigenvalue weighted by Crippen LogP contribution is 2.40. The van der Waals surface area contributed by atoms with Crippen molar-refractivity contribution in [2.45, 2.75) is 39.2 Å². The number of anilines is 2. The highest BCUT2D eigenvalue weighted by atomic mass is 16.5. The number of benzene rings is 1. The average molecular weight is 443 g/mol. The van der Waals surface area contributed by atoms with E-state index in [1.54, 1.807) is 23.4 Å². The number of amides is 2. The summed E-state index contributed by atoms with van der Waals surface area (Å²) >= 11 is 0. The Morgan fingerprint density at radius 3 is 2.64 bits per heavy atom. The van der Waals surface area contributed by atoms with Crippen LogP contribution in [-0.4, -0.2) is 26.3 Å². The van der Waals surface area contributed by atoms with Gasteiger partial charge in [-0.1, -0.05) is 18.2 Å². The Hall–Kier alpha value is -4.14. The summed E-state index contributed by atoms with van der Waals surface area (Å²) in [5.74, 6) is 0.870. The van der Waals surface area contributed by atoms with Crippen LogP contribution in [-0.2, 0) is 6.54 Å². The largest absolute Gasteiger partial charge is 0.326 e. The van der Waals surface area contributed by atoms with Crippen molar-refractivity contribution in [2.24, 2.45) is 0 Å². The van der Waals surface area contributed by atoms with E-state index in [1.807, 2.05) is 44.2 Å². The molecule has 5 rings (SSSR count). The molecule has 2 amide bonds. The van der Waals surface area contributed by atoms with E-state index in [2.05, 4.69) is 36.9 Å². The second-order valence-corrected chi connectivity index (χ2v) is 8.20. The highest BCUT2D eigenvalue weighted by molar-refractivity contribution is 5.98. The van der Waals surface area contributed by atoms with Gasteiger partial charge in [-0.05, 0) is 61.1 Å². The Labute approximate surface area is 190 Å². The van der Waals surface area contributed by atoms with E-state index in [0.29, 0.717) is 12.5 Å². The van der Waals surface area contributed by atoms with Crippen LogP contribution in [0.3, 0.4) is 0 Å². The van der Waals surface area contributed by atoms with E-state index < -0.39 is 0 Å². The first-order valence-electron chi connectivity index (χ1n) is 10.8. The van der Waals surface area contributed by atoms with Crippen LogP contribution in [0.2, 0.25) is 0 Å². The Morgan fingerprint density at radius 2 is 1.91 bits per heavy atom. The highest BCUT2D eigenvalue weighted by Gasteiger charge is 2.23. The van der Waals surface area contributed by atoms with Gasteiger partial charge in [0.05, 0.1) is 0 Å². The van der Waals surface area contributed by atoms with Gasteiger partial charge < -0.3 is 5.32 Å². The molecule has 1 aliphatic carbocycles. The number of nitrogens with zero attached hydrogens (tertiary/aromatic N) is 5. The van der Waals surface area contributed by atoms with Crippen molar-refractivity contribution in [3.63, 3.8) is 0 Å². The third-order valence-corrected chi connectivity index (χ3v) is 5.60. The SMILES string of the molecule is Cc1ncnc(C)c1-c1ccc(C[n+]2cc(NC(=O)Nc3cccc(C4CC4)c3)on2)nc1. The first-order valence-corrected chi connectivity index (χ1v) is 10.8. The monoisotopic (exact) mass is 442 g/mol. The van der Waals surface area contributed by atoms with Gasteiger partial charge in [-0.2, -0.15) is 0 Å². The van der Waals surface area contributed by atoms with Crippen molar-refractivity contribution in [1.29, 1.82) is 0 Å². The molecule has 0 saturated heterocycles. The second kappa shape index (κ2) is 8.78. The predicted octanol–water partition coefficient (Wildman–Crippen LogP) is 4.00. The van der Waals surface area contributed by atoms with E-state index in [-0.39, 0.29) is 11.9 Å². The Balaban J connectivity index is 1.20. The molecule has 0 spiro atoms. The van der Waals surface area contributed by atoms with Gasteiger partial charge in [0.15, 0.2) is 0 Å². The molecule has 166 valence electrons. The first kappa shape index (κ1) is 20.7. The van der Waals surface area contributed by atoms with Gasteiger partial charge in [-0.3, -0.25) is 14.8 Å². The number of aromatic nitrogens is 5. The fourth-order valence-electron chi connectivity index (χ4n) is 3.81. The number of hydrogen-bond acceptors (Lipinski definition) is 6. The fraction of sp³-hybridized carbons (Fsp3) is 0.250. The van der Waals surface area contributed by atoms with Gasteiger partial charge in [0.1, 0.15) is 12.0 Å². The number of pyridine rings is 1. The molecule has 0 bridgehead atoms. The summed E-state index contributed by atoms with van der Waals surface area (Å²) < 4.78 is 6.82. The zero-order chi connectivity index (χ0) is 22.8. The summed E-state index contributed by atoms with van der Waals surface area (Å²) in [6.45, 7) is 4.31. The fourth-order valence-corrected chi connectivity index (χ4v) is 3.81. The predicted molar refractivity (Wildman–Crippen MR) is 122 cm³/mol. The zero-order valence-electron chi connectivity index (χ0n) is 18.4. The van der Waals surface area contributed by atoms with Crippen molar-refractivity contribution in [3.8, 4) is 11.1 Å². The van der Waals surface area contributed by atoms with Crippen molar-refractivity contribution >= 4 is 17.6 Å². The van der Waals surface area contributed by atoms with Gasteiger partial charge in [-0.25, -0.2) is 14.8 Å². The lowest BCUT2D eigenvalue weighted by Crippen LogP contribution is -2.35. The first-order chi connectivity index (χ1) is 16.0. The van der Waals surface area contributed by atoms with Crippen LogP contribution >= 0.6 is 0 Å². The minimum Gasteiger partial charge on any atom is -0.308 e. The summed E-state index contributed by atoms with van der Waals surface area (Å²) in [4.78, 5) is 25.4. The Morgan fingerprint density at radius 1 is 1.09 bits per heavy atom. The van der Waals surface area contributed by atoms with Crippen LogP contribution in [0.15, 0.2) is 59.6 Å². The maximum atomic E-state index is 12.3. The van der Waals surface area contributed by atoms with Crippen LogP contribution < -0.4 is 15.3 Å². The van der Waals surface area contributed by atoms with E-state index in [4.69, 9.17) is 4.52 Å². The smallest absolute Gasteiger partial charge is 0.308 e. The number of aryl methyl sites for hydroxylation is 2. The third kappa shape index (κ3) is 4.87. The van der Waals surface area contributed by atoms with Gasteiger partial charge >= 0.3 is 11.9 Å². The minimum atomic E-state index is -0.385. The van der Waals surface area contributed by atoms with E-state index in [0.717, 1.165) is 33.9 Å². The summed E-state index contributed by atoms with van der Waals surface area (Å²) in [5, 5.41) is 9.47. The molecular weight excluding hydrogens is 418 g/mol. The molecule has 33 heavy (non-hydrogen) atoms. The molecule has 9 heteroatoms. The second-order valence-electron chi connectivity index (χ2n) is 8.20. The summed E-state index contributed by atoms with van der Waals surface area (Å²) in [5.41, 5.74) is 6.59. The van der Waals surface area contributed by atoms with Crippen molar-refractivity contribution in [2.75, 3.05) is 10.6 Å². The molecule has 1 fully saturated rings.